The number of nitro groups is 1. The van der Waals surface area contributed by atoms with Gasteiger partial charge in [-0.3, -0.25) is 10.1 Å². The highest BCUT2D eigenvalue weighted by molar-refractivity contribution is 5.57. The van der Waals surface area contributed by atoms with E-state index < -0.39 is 4.92 Å². The molecule has 2 N–H and O–H groups in total. The Bertz CT molecular complexity index is 977. The van der Waals surface area contributed by atoms with Crippen LogP contribution in [-0.2, 0) is 13.6 Å². The number of nitrogens with zero attached hydrogens (tertiary/aromatic N) is 6. The minimum absolute atomic E-state index is 0.0186. The lowest BCUT2D eigenvalue weighted by Crippen LogP contribution is -2.26. The Morgan fingerprint density at radius 1 is 1.23 bits per heavy atom. The van der Waals surface area contributed by atoms with Gasteiger partial charge in [-0.15, -0.1) is 5.11 Å². The molecular weight excluding hydrogens is 334 g/mol. The monoisotopic (exact) mass is 352 g/mol. The quantitative estimate of drug-likeness (QED) is 0.329. The maximum Gasteiger partial charge on any atom is 0.269 e. The van der Waals surface area contributed by atoms with Gasteiger partial charge in [0, 0.05) is 24.3 Å². The lowest BCUT2D eigenvalue weighted by Gasteiger charge is -2.03. The summed E-state index contributed by atoms with van der Waals surface area (Å²) in [4.78, 5) is 10.3. The molecule has 0 aliphatic rings. The van der Waals surface area contributed by atoms with E-state index in [-0.39, 0.29) is 5.69 Å². The predicted molar refractivity (Wildman–Crippen MR) is 95.4 cm³/mol. The van der Waals surface area contributed by atoms with Crippen LogP contribution in [0.4, 0.5) is 22.9 Å². The Hall–Kier alpha value is -3.62. The highest BCUT2D eigenvalue weighted by Gasteiger charge is 2.10. The van der Waals surface area contributed by atoms with Gasteiger partial charge in [-0.05, 0) is 24.1 Å². The van der Waals surface area contributed by atoms with Crippen LogP contribution < -0.4 is 10.3 Å². The van der Waals surface area contributed by atoms with Crippen LogP contribution in [0.25, 0.3) is 0 Å². The average molecular weight is 352 g/mol. The summed E-state index contributed by atoms with van der Waals surface area (Å²) in [5, 5.41) is 23.3. The molecule has 2 aromatic heterocycles. The number of hydrogen-bond donors (Lipinski definition) is 1. The zero-order valence-electron chi connectivity index (χ0n) is 14.4. The van der Waals surface area contributed by atoms with Crippen LogP contribution in [0.1, 0.15) is 11.1 Å². The third-order valence-corrected chi connectivity index (χ3v) is 3.90. The molecule has 0 aliphatic carbocycles. The first kappa shape index (κ1) is 17.2. The van der Waals surface area contributed by atoms with Crippen molar-refractivity contribution in [1.29, 1.82) is 0 Å². The molecule has 0 atom stereocenters. The fourth-order valence-electron chi connectivity index (χ4n) is 2.37. The van der Waals surface area contributed by atoms with E-state index in [0.717, 1.165) is 5.56 Å². The zero-order chi connectivity index (χ0) is 18.7. The van der Waals surface area contributed by atoms with Crippen molar-refractivity contribution in [2.24, 2.45) is 17.3 Å². The summed E-state index contributed by atoms with van der Waals surface area (Å²) in [7, 11) is 1.95. The Morgan fingerprint density at radius 3 is 2.58 bits per heavy atom. The van der Waals surface area contributed by atoms with Gasteiger partial charge < -0.3 is 5.73 Å². The van der Waals surface area contributed by atoms with Crippen molar-refractivity contribution >= 4 is 22.9 Å². The molecule has 0 saturated carbocycles. The summed E-state index contributed by atoms with van der Waals surface area (Å²) in [6.45, 7) is 2.27. The van der Waals surface area contributed by atoms with Gasteiger partial charge in [-0.2, -0.15) is 10.2 Å². The Balaban J connectivity index is 1.78. The van der Waals surface area contributed by atoms with Gasteiger partial charge >= 0.3 is 0 Å². The number of nitrogens with two attached hydrogens (primary N) is 1. The number of aromatic nitrogens is 3. The van der Waals surface area contributed by atoms with Gasteiger partial charge in [-0.25, -0.2) is 9.25 Å². The lowest BCUT2D eigenvalue weighted by atomic mass is 10.2. The van der Waals surface area contributed by atoms with Crippen LogP contribution in [0.15, 0.2) is 59.2 Å². The molecule has 26 heavy (non-hydrogen) atoms. The second kappa shape index (κ2) is 7.09. The maximum atomic E-state index is 10.8. The van der Waals surface area contributed by atoms with Gasteiger partial charge in [0.05, 0.1) is 23.4 Å². The number of benzene rings is 1. The largest absolute Gasteiger partial charge is 0.382 e. The van der Waals surface area contributed by atoms with E-state index in [2.05, 4.69) is 15.3 Å². The van der Waals surface area contributed by atoms with E-state index in [1.54, 1.807) is 23.9 Å². The molecule has 0 saturated heterocycles. The number of aryl methyl sites for hydroxylation is 2. The number of non-ortho nitro benzene ring substituents is 1. The zero-order valence-corrected chi connectivity index (χ0v) is 14.4. The lowest BCUT2D eigenvalue weighted by molar-refractivity contribution is -0.671. The van der Waals surface area contributed by atoms with E-state index in [4.69, 9.17) is 5.73 Å². The van der Waals surface area contributed by atoms with Crippen LogP contribution >= 0.6 is 0 Å². The first-order valence-electron chi connectivity index (χ1n) is 7.86. The van der Waals surface area contributed by atoms with E-state index in [9.17, 15) is 10.1 Å². The second-order valence-electron chi connectivity index (χ2n) is 5.87. The molecule has 3 rings (SSSR count). The minimum atomic E-state index is -0.445. The number of hydrogen-bond acceptors (Lipinski definition) is 6. The van der Waals surface area contributed by atoms with Gasteiger partial charge in [0.15, 0.2) is 12.4 Å². The van der Waals surface area contributed by atoms with Crippen molar-refractivity contribution in [3.05, 3.63) is 70.2 Å². The van der Waals surface area contributed by atoms with Crippen LogP contribution in [-0.4, -0.2) is 14.7 Å². The molecule has 0 bridgehead atoms. The predicted octanol–water partition coefficient (Wildman–Crippen LogP) is 2.97. The fraction of sp³-hybridized carbons (Fsp3) is 0.176. The Kier molecular flexibility index (Phi) is 4.70. The van der Waals surface area contributed by atoms with Gasteiger partial charge in [-0.1, -0.05) is 0 Å². The summed E-state index contributed by atoms with van der Waals surface area (Å²) < 4.78 is 3.59. The first-order chi connectivity index (χ1) is 12.4. The molecule has 9 nitrogen and oxygen atoms in total. The van der Waals surface area contributed by atoms with Gasteiger partial charge in [0.2, 0.25) is 0 Å². The summed E-state index contributed by atoms with van der Waals surface area (Å²) >= 11 is 0. The number of nitrogen functional groups attached to an aromatic ring is 1. The Morgan fingerprint density at radius 2 is 1.92 bits per heavy atom. The number of azo groups is 1. The molecule has 1 aromatic carbocycles. The summed E-state index contributed by atoms with van der Waals surface area (Å²) in [5.41, 5.74) is 8.83. The number of nitro benzene ring substituents is 1. The molecule has 0 unspecified atom stereocenters. The first-order valence-corrected chi connectivity index (χ1v) is 7.86. The fourth-order valence-corrected chi connectivity index (χ4v) is 2.37. The second-order valence-corrected chi connectivity index (χ2v) is 5.87. The summed E-state index contributed by atoms with van der Waals surface area (Å²) in [6.07, 6.45) is 5.45. The third-order valence-electron chi connectivity index (χ3n) is 3.90. The molecule has 0 spiro atoms. The van der Waals surface area contributed by atoms with E-state index in [0.29, 0.717) is 29.3 Å². The molecule has 0 amide bonds. The molecule has 0 fully saturated rings. The van der Waals surface area contributed by atoms with Gasteiger partial charge in [0.25, 0.3) is 5.69 Å². The maximum absolute atomic E-state index is 10.8. The van der Waals surface area contributed by atoms with E-state index in [1.165, 1.54) is 12.1 Å². The molecule has 0 radical (unpaired) electrons. The highest BCUT2D eigenvalue weighted by Crippen LogP contribution is 2.28. The number of anilines is 1. The third kappa shape index (κ3) is 3.72. The summed E-state index contributed by atoms with van der Waals surface area (Å²) in [6, 6.07) is 8.38. The number of rotatable bonds is 5. The van der Waals surface area contributed by atoms with Crippen molar-refractivity contribution in [3.8, 4) is 0 Å². The van der Waals surface area contributed by atoms with Crippen molar-refractivity contribution in [1.82, 2.24) is 9.78 Å². The molecular formula is C17H18N7O2+. The molecule has 0 aliphatic heterocycles. The average Bonchev–Trinajstić information content (AvgIpc) is 2.96. The molecule has 132 valence electrons. The normalized spacial score (nSPS) is 11.2. The smallest absolute Gasteiger partial charge is 0.269 e. The van der Waals surface area contributed by atoms with Crippen LogP contribution in [0, 0.1) is 17.0 Å². The summed E-state index contributed by atoms with van der Waals surface area (Å²) in [5.74, 6) is 0.404. The van der Waals surface area contributed by atoms with Crippen LogP contribution in [0.3, 0.4) is 0 Å². The molecule has 2 heterocycles. The van der Waals surface area contributed by atoms with E-state index in [1.807, 2.05) is 36.1 Å². The van der Waals surface area contributed by atoms with Crippen molar-refractivity contribution in [2.45, 2.75) is 13.5 Å². The SMILES string of the molecule is Cc1cc([N+](=O)[O-])ccc1N=Nc1cnn(Cc2cc[n+](C)cc2)c1N. The van der Waals surface area contributed by atoms with Crippen molar-refractivity contribution < 1.29 is 9.49 Å². The topological polar surface area (TPSA) is 116 Å². The molecule has 3 aromatic rings. The molecule has 9 heteroatoms. The van der Waals surface area contributed by atoms with Crippen LogP contribution in [0.5, 0.6) is 0 Å². The standard InChI is InChI=1S/C17H18N7O2/c1-12-9-14(24(25)26)3-4-15(12)20-21-16-10-19-23(17(16)18)11-13-5-7-22(2)8-6-13/h3-10H,11,18H2,1-2H3/q+1. The Labute approximate surface area is 149 Å². The van der Waals surface area contributed by atoms with Crippen molar-refractivity contribution in [2.75, 3.05) is 5.73 Å². The minimum Gasteiger partial charge on any atom is -0.382 e. The van der Waals surface area contributed by atoms with Crippen molar-refractivity contribution in [3.63, 3.8) is 0 Å². The highest BCUT2D eigenvalue weighted by atomic mass is 16.6. The van der Waals surface area contributed by atoms with Crippen LogP contribution in [0.2, 0.25) is 0 Å². The van der Waals surface area contributed by atoms with E-state index >= 15 is 0 Å². The number of pyridine rings is 1. The van der Waals surface area contributed by atoms with Gasteiger partial charge in [0.1, 0.15) is 18.6 Å².